The maximum absolute atomic E-state index is 12.6. The van der Waals surface area contributed by atoms with Gasteiger partial charge in [-0.1, -0.05) is 66.7 Å². The molecule has 5 nitrogen and oxygen atoms in total. The van der Waals surface area contributed by atoms with E-state index in [1.54, 1.807) is 24.3 Å². The van der Waals surface area contributed by atoms with Crippen LogP contribution in [0.3, 0.4) is 0 Å². The molecule has 0 aliphatic carbocycles. The molecule has 1 aromatic heterocycles. The van der Waals surface area contributed by atoms with E-state index in [9.17, 15) is 13.6 Å². The van der Waals surface area contributed by atoms with Gasteiger partial charge in [-0.15, -0.1) is 0 Å². The molecule has 40 heavy (non-hydrogen) atoms. The first kappa shape index (κ1) is 27.1. The van der Waals surface area contributed by atoms with E-state index in [1.807, 2.05) is 60.7 Å². The summed E-state index contributed by atoms with van der Waals surface area (Å²) in [5.41, 5.74) is 8.83. The van der Waals surface area contributed by atoms with Crippen LogP contribution < -0.4 is 10.2 Å². The fraction of sp³-hybridized carbons (Fsp3) is 0.182. The third kappa shape index (κ3) is 7.12. The fourth-order valence-corrected chi connectivity index (χ4v) is 4.71. The van der Waals surface area contributed by atoms with Crippen molar-refractivity contribution >= 4 is 16.8 Å². The van der Waals surface area contributed by atoms with Crippen molar-refractivity contribution in [1.29, 1.82) is 0 Å². The summed E-state index contributed by atoms with van der Waals surface area (Å²) >= 11 is 0. The van der Waals surface area contributed by atoms with Gasteiger partial charge in [-0.05, 0) is 77.9 Å². The van der Waals surface area contributed by atoms with Crippen LogP contribution in [0.1, 0.15) is 28.7 Å². The number of ether oxygens (including phenoxy) is 1. The summed E-state index contributed by atoms with van der Waals surface area (Å²) in [6.45, 7) is -2.55. The van der Waals surface area contributed by atoms with Crippen LogP contribution in [-0.2, 0) is 35.5 Å². The molecule has 0 aliphatic heterocycles. The maximum atomic E-state index is 12.6. The highest BCUT2D eigenvalue weighted by atomic mass is 19.3. The van der Waals surface area contributed by atoms with Gasteiger partial charge >= 0.3 is 6.61 Å². The maximum Gasteiger partial charge on any atom is 0.387 e. The lowest BCUT2D eigenvalue weighted by molar-refractivity contribution is -0.134. The minimum Gasteiger partial charge on any atom is -0.435 e. The highest BCUT2D eigenvalue weighted by Crippen LogP contribution is 2.29. The van der Waals surface area contributed by atoms with Gasteiger partial charge in [0.25, 0.3) is 0 Å². The average molecular weight is 541 g/mol. The average Bonchev–Trinajstić information content (AvgIpc) is 3.34. The first-order valence-electron chi connectivity index (χ1n) is 13.2. The number of hydrogen-bond acceptors (Lipinski definition) is 3. The van der Waals surface area contributed by atoms with Gasteiger partial charge in [-0.25, -0.2) is 5.48 Å². The molecule has 0 atom stereocenters. The fourth-order valence-electron chi connectivity index (χ4n) is 4.71. The van der Waals surface area contributed by atoms with Crippen molar-refractivity contribution in [2.75, 3.05) is 0 Å². The Bertz CT molecular complexity index is 1540. The standard InChI is InChI=1S/C33H30F2N2O3/c34-33(35)40-29-17-15-28(16-18-29)37-22-27(14-11-24-7-3-1-4-8-24)30-21-25(12-19-31(30)37)13-20-32(38)36-39-23-26-9-5-2-6-10-26/h1-10,12,15-19,21-22,33H,11,13-14,20,23H2,(H,36,38). The summed E-state index contributed by atoms with van der Waals surface area (Å²) in [4.78, 5) is 17.7. The lowest BCUT2D eigenvalue weighted by atomic mass is 10.0. The van der Waals surface area contributed by atoms with E-state index in [4.69, 9.17) is 4.84 Å². The summed E-state index contributed by atoms with van der Waals surface area (Å²) in [7, 11) is 0. The molecule has 0 unspecified atom stereocenters. The van der Waals surface area contributed by atoms with Gasteiger partial charge in [0, 0.05) is 23.7 Å². The molecule has 5 aromatic rings. The van der Waals surface area contributed by atoms with Crippen molar-refractivity contribution < 1.29 is 23.1 Å². The number of amides is 1. The van der Waals surface area contributed by atoms with E-state index in [0.717, 1.165) is 40.6 Å². The van der Waals surface area contributed by atoms with Crippen molar-refractivity contribution in [2.45, 2.75) is 38.9 Å². The van der Waals surface area contributed by atoms with Crippen molar-refractivity contribution in [3.63, 3.8) is 0 Å². The van der Waals surface area contributed by atoms with Gasteiger partial charge in [0.05, 0.1) is 12.1 Å². The largest absolute Gasteiger partial charge is 0.435 e. The Labute approximate surface area is 231 Å². The quantitative estimate of drug-likeness (QED) is 0.170. The van der Waals surface area contributed by atoms with Crippen molar-refractivity contribution in [2.24, 2.45) is 0 Å². The number of nitrogens with one attached hydrogen (secondary N) is 1. The van der Waals surface area contributed by atoms with Gasteiger partial charge < -0.3 is 9.30 Å². The van der Waals surface area contributed by atoms with Crippen LogP contribution in [0, 0.1) is 0 Å². The second kappa shape index (κ2) is 13.0. The predicted molar refractivity (Wildman–Crippen MR) is 151 cm³/mol. The normalized spacial score (nSPS) is 11.2. The zero-order valence-electron chi connectivity index (χ0n) is 21.9. The lowest BCUT2D eigenvalue weighted by Crippen LogP contribution is -2.23. The first-order chi connectivity index (χ1) is 19.5. The minimum absolute atomic E-state index is 0.118. The number of benzene rings is 4. The number of carbonyl (C=O) groups excluding carboxylic acids is 1. The third-order valence-corrected chi connectivity index (χ3v) is 6.73. The third-order valence-electron chi connectivity index (χ3n) is 6.73. The van der Waals surface area contributed by atoms with Crippen LogP contribution in [0.5, 0.6) is 5.75 Å². The minimum atomic E-state index is -2.86. The van der Waals surface area contributed by atoms with Crippen LogP contribution in [0.15, 0.2) is 109 Å². The Balaban J connectivity index is 1.32. The van der Waals surface area contributed by atoms with Crippen LogP contribution >= 0.6 is 0 Å². The number of carbonyl (C=O) groups is 1. The number of aromatic nitrogens is 1. The molecule has 1 N–H and O–H groups in total. The molecule has 7 heteroatoms. The Morgan fingerprint density at radius 2 is 1.48 bits per heavy atom. The molecule has 0 saturated heterocycles. The highest BCUT2D eigenvalue weighted by molar-refractivity contribution is 5.86. The van der Waals surface area contributed by atoms with Gasteiger partial charge in [-0.3, -0.25) is 9.63 Å². The van der Waals surface area contributed by atoms with Gasteiger partial charge in [-0.2, -0.15) is 8.78 Å². The molecule has 4 aromatic carbocycles. The molecule has 0 saturated carbocycles. The molecule has 5 rings (SSSR count). The lowest BCUT2D eigenvalue weighted by Gasteiger charge is -2.09. The number of alkyl halides is 2. The van der Waals surface area contributed by atoms with Crippen LogP contribution in [-0.4, -0.2) is 17.1 Å². The number of nitrogens with zero attached hydrogens (tertiary/aromatic N) is 1. The molecule has 0 aliphatic rings. The second-order valence-corrected chi connectivity index (χ2v) is 9.53. The number of fused-ring (bicyclic) bond motifs is 1. The van der Waals surface area contributed by atoms with E-state index in [-0.39, 0.29) is 11.7 Å². The first-order valence-corrected chi connectivity index (χ1v) is 13.2. The number of rotatable bonds is 12. The number of aryl methyl sites for hydroxylation is 3. The van der Waals surface area contributed by atoms with E-state index >= 15 is 0 Å². The Morgan fingerprint density at radius 1 is 0.775 bits per heavy atom. The number of hydroxylamine groups is 1. The van der Waals surface area contributed by atoms with Gasteiger partial charge in [0.2, 0.25) is 5.91 Å². The molecule has 0 spiro atoms. The number of hydrogen-bond donors (Lipinski definition) is 1. The monoisotopic (exact) mass is 540 g/mol. The highest BCUT2D eigenvalue weighted by Gasteiger charge is 2.13. The van der Waals surface area contributed by atoms with Crippen LogP contribution in [0.2, 0.25) is 0 Å². The van der Waals surface area contributed by atoms with Crippen molar-refractivity contribution in [3.05, 3.63) is 132 Å². The summed E-state index contributed by atoms with van der Waals surface area (Å²) < 4.78 is 31.8. The molecular formula is C33H30F2N2O3. The zero-order valence-corrected chi connectivity index (χ0v) is 21.9. The van der Waals surface area contributed by atoms with E-state index in [2.05, 4.69) is 39.2 Å². The molecular weight excluding hydrogens is 510 g/mol. The topological polar surface area (TPSA) is 52.5 Å². The van der Waals surface area contributed by atoms with Crippen LogP contribution in [0.4, 0.5) is 8.78 Å². The van der Waals surface area contributed by atoms with Crippen molar-refractivity contribution in [3.8, 4) is 11.4 Å². The Hall–Kier alpha value is -4.49. The van der Waals surface area contributed by atoms with Gasteiger partial charge in [0.15, 0.2) is 0 Å². The van der Waals surface area contributed by atoms with Crippen LogP contribution in [0.25, 0.3) is 16.6 Å². The summed E-state index contributed by atoms with van der Waals surface area (Å²) in [5.74, 6) is -0.0585. The smallest absolute Gasteiger partial charge is 0.387 e. The molecule has 0 fully saturated rings. The molecule has 1 heterocycles. The molecule has 1 amide bonds. The second-order valence-electron chi connectivity index (χ2n) is 9.53. The van der Waals surface area contributed by atoms with E-state index in [0.29, 0.717) is 19.4 Å². The summed E-state index contributed by atoms with van der Waals surface area (Å²) in [6, 6.07) is 32.8. The molecule has 0 bridgehead atoms. The predicted octanol–water partition coefficient (Wildman–Crippen LogP) is 7.20. The molecule has 204 valence electrons. The van der Waals surface area contributed by atoms with Crippen molar-refractivity contribution in [1.82, 2.24) is 10.0 Å². The Morgan fingerprint density at radius 3 is 2.17 bits per heavy atom. The van der Waals surface area contributed by atoms with Gasteiger partial charge in [0.1, 0.15) is 5.75 Å². The van der Waals surface area contributed by atoms with E-state index < -0.39 is 6.61 Å². The summed E-state index contributed by atoms with van der Waals surface area (Å²) in [5, 5.41) is 1.10. The number of halogens is 2. The molecule has 0 radical (unpaired) electrons. The van der Waals surface area contributed by atoms with E-state index in [1.165, 1.54) is 11.1 Å². The SMILES string of the molecule is O=C(CCc1ccc2c(c1)c(CCc1ccccc1)cn2-c1ccc(OC(F)F)cc1)NOCc1ccccc1. The summed E-state index contributed by atoms with van der Waals surface area (Å²) in [6.07, 6.45) is 4.68. The Kier molecular flexibility index (Phi) is 8.83. The zero-order chi connectivity index (χ0) is 27.7.